The average molecular weight is 226 g/mol. The molecule has 1 aliphatic heterocycles. The second-order valence-corrected chi connectivity index (χ2v) is 5.11. The number of ether oxygens (including phenoxy) is 1. The van der Waals surface area contributed by atoms with Crippen LogP contribution in [0.15, 0.2) is 0 Å². The highest BCUT2D eigenvalue weighted by atomic mass is 16.5. The number of carbonyl (C=O) groups excluding carboxylic acids is 1. The summed E-state index contributed by atoms with van der Waals surface area (Å²) in [5, 5.41) is 3.23. The van der Waals surface area contributed by atoms with Gasteiger partial charge >= 0.3 is 0 Å². The Kier molecular flexibility index (Phi) is 3.82. The Morgan fingerprint density at radius 2 is 2.25 bits per heavy atom. The van der Waals surface area contributed by atoms with Crippen LogP contribution in [0.1, 0.15) is 26.7 Å². The third-order valence-corrected chi connectivity index (χ3v) is 3.28. The lowest BCUT2D eigenvalue weighted by Crippen LogP contribution is -2.54. The molecule has 92 valence electrons. The molecule has 16 heavy (non-hydrogen) atoms. The number of hydrogen-bond acceptors (Lipinski definition) is 3. The zero-order valence-electron chi connectivity index (χ0n) is 10.2. The van der Waals surface area contributed by atoms with E-state index in [0.29, 0.717) is 13.2 Å². The summed E-state index contributed by atoms with van der Waals surface area (Å²) >= 11 is 0. The highest BCUT2D eigenvalue weighted by Crippen LogP contribution is 2.30. The fourth-order valence-corrected chi connectivity index (χ4v) is 2.06. The number of morpholine rings is 1. The second kappa shape index (κ2) is 5.15. The molecule has 0 aromatic rings. The van der Waals surface area contributed by atoms with Gasteiger partial charge in [0, 0.05) is 19.1 Å². The van der Waals surface area contributed by atoms with Crippen molar-refractivity contribution in [1.82, 2.24) is 10.2 Å². The van der Waals surface area contributed by atoms with Crippen LogP contribution in [-0.2, 0) is 9.53 Å². The maximum absolute atomic E-state index is 12.3. The molecule has 0 bridgehead atoms. The first-order chi connectivity index (χ1) is 7.68. The molecule has 1 N–H and O–H groups in total. The normalized spacial score (nSPS) is 25.8. The van der Waals surface area contributed by atoms with Gasteiger partial charge in [-0.1, -0.05) is 0 Å². The number of carbonyl (C=O) groups is 1. The van der Waals surface area contributed by atoms with E-state index in [4.69, 9.17) is 4.74 Å². The Morgan fingerprint density at radius 1 is 1.50 bits per heavy atom. The van der Waals surface area contributed by atoms with Gasteiger partial charge in [0.2, 0.25) is 5.91 Å². The molecule has 0 aromatic carbocycles. The van der Waals surface area contributed by atoms with Gasteiger partial charge in [-0.05, 0) is 32.6 Å². The number of hydrogen-bond donors (Lipinski definition) is 1. The van der Waals surface area contributed by atoms with Crippen LogP contribution in [0.3, 0.4) is 0 Å². The van der Waals surface area contributed by atoms with E-state index in [0.717, 1.165) is 19.0 Å². The van der Waals surface area contributed by atoms with Crippen molar-refractivity contribution in [1.29, 1.82) is 0 Å². The van der Waals surface area contributed by atoms with Crippen molar-refractivity contribution >= 4 is 5.91 Å². The van der Waals surface area contributed by atoms with E-state index in [-0.39, 0.29) is 18.0 Å². The lowest BCUT2D eigenvalue weighted by atomic mass is 10.2. The van der Waals surface area contributed by atoms with E-state index in [1.54, 1.807) is 0 Å². The molecule has 1 aliphatic carbocycles. The lowest BCUT2D eigenvalue weighted by Gasteiger charge is -2.32. The maximum Gasteiger partial charge on any atom is 0.242 e. The van der Waals surface area contributed by atoms with E-state index in [1.807, 2.05) is 4.90 Å². The molecule has 1 heterocycles. The van der Waals surface area contributed by atoms with Gasteiger partial charge in [-0.2, -0.15) is 0 Å². The molecule has 1 atom stereocenters. The summed E-state index contributed by atoms with van der Waals surface area (Å²) in [6, 6.07) is 0.159. The van der Waals surface area contributed by atoms with Crippen LogP contribution in [0.4, 0.5) is 0 Å². The zero-order valence-corrected chi connectivity index (χ0v) is 10.2. The topological polar surface area (TPSA) is 41.6 Å². The first-order valence-corrected chi connectivity index (χ1v) is 6.30. The number of amides is 1. The highest BCUT2D eigenvalue weighted by Gasteiger charge is 2.32. The molecular weight excluding hydrogens is 204 g/mol. The molecule has 0 radical (unpaired) electrons. The molecule has 0 aromatic heterocycles. The SMILES string of the molecule is CC(C)N(CC1CC1)C(=O)C1COCCN1. The van der Waals surface area contributed by atoms with Gasteiger partial charge in [-0.15, -0.1) is 0 Å². The van der Waals surface area contributed by atoms with Crippen LogP contribution in [0.5, 0.6) is 0 Å². The molecule has 1 saturated heterocycles. The molecule has 1 amide bonds. The number of rotatable bonds is 4. The van der Waals surface area contributed by atoms with Gasteiger partial charge in [-0.25, -0.2) is 0 Å². The zero-order chi connectivity index (χ0) is 11.5. The van der Waals surface area contributed by atoms with Crippen molar-refractivity contribution in [2.24, 2.45) is 5.92 Å². The van der Waals surface area contributed by atoms with Crippen molar-refractivity contribution in [2.75, 3.05) is 26.3 Å². The summed E-state index contributed by atoms with van der Waals surface area (Å²) in [4.78, 5) is 14.3. The molecular formula is C12H22N2O2. The second-order valence-electron chi connectivity index (χ2n) is 5.11. The highest BCUT2D eigenvalue weighted by molar-refractivity contribution is 5.82. The molecule has 2 rings (SSSR count). The Bertz CT molecular complexity index is 245. The van der Waals surface area contributed by atoms with Crippen LogP contribution in [0.2, 0.25) is 0 Å². The monoisotopic (exact) mass is 226 g/mol. The molecule has 0 spiro atoms. The largest absolute Gasteiger partial charge is 0.378 e. The van der Waals surface area contributed by atoms with E-state index in [1.165, 1.54) is 12.8 Å². The van der Waals surface area contributed by atoms with Crippen molar-refractivity contribution in [3.8, 4) is 0 Å². The van der Waals surface area contributed by atoms with Gasteiger partial charge in [0.05, 0.1) is 13.2 Å². The summed E-state index contributed by atoms with van der Waals surface area (Å²) in [5.74, 6) is 0.956. The molecule has 2 aliphatic rings. The van der Waals surface area contributed by atoms with Crippen LogP contribution in [-0.4, -0.2) is 49.2 Å². The van der Waals surface area contributed by atoms with Gasteiger partial charge in [0.15, 0.2) is 0 Å². The minimum Gasteiger partial charge on any atom is -0.378 e. The Balaban J connectivity index is 1.91. The van der Waals surface area contributed by atoms with Gasteiger partial charge < -0.3 is 15.0 Å². The summed E-state index contributed by atoms with van der Waals surface area (Å²) in [7, 11) is 0. The minimum absolute atomic E-state index is 0.130. The predicted molar refractivity (Wildman–Crippen MR) is 62.2 cm³/mol. The van der Waals surface area contributed by atoms with Crippen LogP contribution >= 0.6 is 0 Å². The van der Waals surface area contributed by atoms with Crippen LogP contribution < -0.4 is 5.32 Å². The Morgan fingerprint density at radius 3 is 2.75 bits per heavy atom. The maximum atomic E-state index is 12.3. The average Bonchev–Trinajstić information content (AvgIpc) is 3.09. The molecule has 4 heteroatoms. The van der Waals surface area contributed by atoms with E-state index < -0.39 is 0 Å². The summed E-state index contributed by atoms with van der Waals surface area (Å²) in [5.41, 5.74) is 0. The number of nitrogens with one attached hydrogen (secondary N) is 1. The number of nitrogens with zero attached hydrogens (tertiary/aromatic N) is 1. The fourth-order valence-electron chi connectivity index (χ4n) is 2.06. The fraction of sp³-hybridized carbons (Fsp3) is 0.917. The summed E-state index contributed by atoms with van der Waals surface area (Å²) in [6.07, 6.45) is 2.57. The van der Waals surface area contributed by atoms with Gasteiger partial charge in [0.1, 0.15) is 6.04 Å². The van der Waals surface area contributed by atoms with Crippen LogP contribution in [0.25, 0.3) is 0 Å². The minimum atomic E-state index is -0.130. The predicted octanol–water partition coefficient (Wildman–Crippen LogP) is 0.622. The molecule has 1 unspecified atom stereocenters. The first-order valence-electron chi connectivity index (χ1n) is 6.30. The third-order valence-electron chi connectivity index (χ3n) is 3.28. The molecule has 2 fully saturated rings. The molecule has 1 saturated carbocycles. The summed E-state index contributed by atoms with van der Waals surface area (Å²) in [6.45, 7) is 7.12. The Labute approximate surface area is 97.3 Å². The van der Waals surface area contributed by atoms with Crippen molar-refractivity contribution in [3.63, 3.8) is 0 Å². The van der Waals surface area contributed by atoms with E-state index in [2.05, 4.69) is 19.2 Å². The third kappa shape index (κ3) is 2.95. The van der Waals surface area contributed by atoms with Crippen LogP contribution in [0, 0.1) is 5.92 Å². The first kappa shape index (κ1) is 11.9. The smallest absolute Gasteiger partial charge is 0.242 e. The van der Waals surface area contributed by atoms with Crippen molar-refractivity contribution in [3.05, 3.63) is 0 Å². The quantitative estimate of drug-likeness (QED) is 0.764. The van der Waals surface area contributed by atoms with Gasteiger partial charge in [0.25, 0.3) is 0 Å². The van der Waals surface area contributed by atoms with Crippen molar-refractivity contribution < 1.29 is 9.53 Å². The standard InChI is InChI=1S/C12H22N2O2/c1-9(2)14(7-10-3-4-10)12(15)11-8-16-6-5-13-11/h9-11,13H,3-8H2,1-2H3. The lowest BCUT2D eigenvalue weighted by molar-refractivity contribution is -0.138. The van der Waals surface area contributed by atoms with Crippen molar-refractivity contribution in [2.45, 2.75) is 38.8 Å². The summed E-state index contributed by atoms with van der Waals surface area (Å²) < 4.78 is 5.34. The van der Waals surface area contributed by atoms with E-state index >= 15 is 0 Å². The Hall–Kier alpha value is -0.610. The van der Waals surface area contributed by atoms with E-state index in [9.17, 15) is 4.79 Å². The van der Waals surface area contributed by atoms with Gasteiger partial charge in [-0.3, -0.25) is 4.79 Å². The molecule has 4 nitrogen and oxygen atoms in total.